The van der Waals surface area contributed by atoms with Crippen LogP contribution in [0.2, 0.25) is 0 Å². The van der Waals surface area contributed by atoms with Gasteiger partial charge < -0.3 is 10.1 Å². The Morgan fingerprint density at radius 2 is 2.10 bits per heavy atom. The summed E-state index contributed by atoms with van der Waals surface area (Å²) < 4.78 is 5.11. The highest BCUT2D eigenvalue weighted by Crippen LogP contribution is 1.72. The number of rotatable bonds is 7. The highest BCUT2D eigenvalue weighted by atomic mass is 16.5. The monoisotopic (exact) mass is 141 g/mol. The third-order valence-corrected chi connectivity index (χ3v) is 0.948. The highest BCUT2D eigenvalue weighted by molar-refractivity contribution is 4.69. The normalized spacial score (nSPS) is 9.20. The Kier molecular flexibility index (Phi) is 7.90. The molecule has 0 saturated heterocycles. The molecule has 0 aromatic rings. The topological polar surface area (TPSA) is 21.3 Å². The number of hydrogen-bond donors (Lipinski definition) is 1. The van der Waals surface area contributed by atoms with Crippen molar-refractivity contribution in [2.24, 2.45) is 0 Å². The van der Waals surface area contributed by atoms with Crippen LogP contribution in [0.1, 0.15) is 0 Å². The molecule has 0 spiro atoms. The van der Waals surface area contributed by atoms with Gasteiger partial charge in [-0.3, -0.25) is 0 Å². The summed E-state index contributed by atoms with van der Waals surface area (Å²) in [5.74, 6) is 0. The fraction of sp³-hybridized carbons (Fsp3) is 0.500. The fourth-order valence-corrected chi connectivity index (χ4v) is 0.515. The summed E-state index contributed by atoms with van der Waals surface area (Å²) in [5.41, 5.74) is 0. The molecular weight excluding hydrogens is 126 g/mol. The molecule has 0 aromatic carbocycles. The van der Waals surface area contributed by atoms with Crippen LogP contribution in [-0.4, -0.2) is 26.3 Å². The Balaban J connectivity index is 2.76. The Morgan fingerprint density at radius 1 is 1.30 bits per heavy atom. The molecule has 0 atom stereocenters. The maximum absolute atomic E-state index is 5.11. The Morgan fingerprint density at radius 3 is 2.70 bits per heavy atom. The molecule has 2 nitrogen and oxygen atoms in total. The van der Waals surface area contributed by atoms with Gasteiger partial charge in [0.25, 0.3) is 0 Å². The molecule has 0 aliphatic carbocycles. The van der Waals surface area contributed by atoms with E-state index < -0.39 is 0 Å². The average Bonchev–Trinajstić information content (AvgIpc) is 1.97. The molecule has 2 heteroatoms. The van der Waals surface area contributed by atoms with Gasteiger partial charge in [-0.15, -0.1) is 13.2 Å². The van der Waals surface area contributed by atoms with E-state index in [2.05, 4.69) is 18.5 Å². The van der Waals surface area contributed by atoms with Gasteiger partial charge in [0, 0.05) is 13.1 Å². The minimum atomic E-state index is 0.635. The minimum absolute atomic E-state index is 0.635. The summed E-state index contributed by atoms with van der Waals surface area (Å²) in [7, 11) is 0. The van der Waals surface area contributed by atoms with Gasteiger partial charge in [-0.05, 0) is 0 Å². The van der Waals surface area contributed by atoms with Crippen LogP contribution in [0.4, 0.5) is 0 Å². The summed E-state index contributed by atoms with van der Waals surface area (Å²) in [4.78, 5) is 0. The smallest absolute Gasteiger partial charge is 0.0645 e. The molecule has 0 bridgehead atoms. The first-order valence-electron chi connectivity index (χ1n) is 3.42. The maximum atomic E-state index is 5.11. The van der Waals surface area contributed by atoms with Crippen molar-refractivity contribution in [1.29, 1.82) is 0 Å². The first-order valence-corrected chi connectivity index (χ1v) is 3.42. The van der Waals surface area contributed by atoms with Crippen LogP contribution in [-0.2, 0) is 4.74 Å². The predicted octanol–water partition coefficient (Wildman–Crippen LogP) is 0.965. The summed E-state index contributed by atoms with van der Waals surface area (Å²) in [6.45, 7) is 10.2. The quantitative estimate of drug-likeness (QED) is 0.421. The predicted molar refractivity (Wildman–Crippen MR) is 44.1 cm³/mol. The lowest BCUT2D eigenvalue weighted by Crippen LogP contribution is -2.19. The van der Waals surface area contributed by atoms with Gasteiger partial charge in [-0.1, -0.05) is 12.2 Å². The molecule has 0 aliphatic rings. The van der Waals surface area contributed by atoms with Gasteiger partial charge in [0.2, 0.25) is 0 Å². The van der Waals surface area contributed by atoms with E-state index in [0.717, 1.165) is 19.7 Å². The molecule has 10 heavy (non-hydrogen) atoms. The largest absolute Gasteiger partial charge is 0.376 e. The van der Waals surface area contributed by atoms with E-state index in [0.29, 0.717) is 6.61 Å². The third-order valence-electron chi connectivity index (χ3n) is 0.948. The van der Waals surface area contributed by atoms with Gasteiger partial charge in [-0.25, -0.2) is 0 Å². The molecule has 58 valence electrons. The van der Waals surface area contributed by atoms with Gasteiger partial charge in [0.1, 0.15) is 0 Å². The Hall–Kier alpha value is -0.600. The van der Waals surface area contributed by atoms with E-state index in [1.54, 1.807) is 6.08 Å². The molecule has 0 unspecified atom stereocenters. The second-order valence-corrected chi connectivity index (χ2v) is 1.86. The van der Waals surface area contributed by atoms with Crippen LogP contribution < -0.4 is 5.32 Å². The van der Waals surface area contributed by atoms with E-state index in [-0.39, 0.29) is 0 Å². The third kappa shape index (κ3) is 7.40. The Bertz CT molecular complexity index is 79.3. The molecule has 0 amide bonds. The standard InChI is InChI=1S/C8H15NO/c1-3-5-9-6-8-10-7-4-2/h3-4,9H,1-2,5-8H2. The zero-order valence-electron chi connectivity index (χ0n) is 6.31. The number of hydrogen-bond acceptors (Lipinski definition) is 2. The molecule has 0 aromatic heterocycles. The van der Waals surface area contributed by atoms with Crippen molar-refractivity contribution in [3.63, 3.8) is 0 Å². The molecule has 1 N–H and O–H groups in total. The SMILES string of the molecule is C=CCNCCOCC=C. The summed E-state index contributed by atoms with van der Waals surface area (Å²) >= 11 is 0. The lowest BCUT2D eigenvalue weighted by molar-refractivity contribution is 0.165. The van der Waals surface area contributed by atoms with Gasteiger partial charge in [0.15, 0.2) is 0 Å². The van der Waals surface area contributed by atoms with Crippen LogP contribution in [0.25, 0.3) is 0 Å². The average molecular weight is 141 g/mol. The number of nitrogens with one attached hydrogen (secondary N) is 1. The summed E-state index contributed by atoms with van der Waals surface area (Å²) in [6.07, 6.45) is 3.57. The van der Waals surface area contributed by atoms with Gasteiger partial charge >= 0.3 is 0 Å². The van der Waals surface area contributed by atoms with Crippen molar-refractivity contribution >= 4 is 0 Å². The van der Waals surface area contributed by atoms with Crippen LogP contribution in [0.15, 0.2) is 25.3 Å². The lowest BCUT2D eigenvalue weighted by atomic mass is 10.6. The van der Waals surface area contributed by atoms with Crippen molar-refractivity contribution in [3.8, 4) is 0 Å². The molecule has 0 heterocycles. The molecule has 0 fully saturated rings. The molecule has 0 saturated carbocycles. The first-order chi connectivity index (χ1) is 4.91. The molecule has 0 aliphatic heterocycles. The van der Waals surface area contributed by atoms with Crippen LogP contribution in [0.5, 0.6) is 0 Å². The van der Waals surface area contributed by atoms with Gasteiger partial charge in [0.05, 0.1) is 13.2 Å². The van der Waals surface area contributed by atoms with Crippen molar-refractivity contribution in [3.05, 3.63) is 25.3 Å². The van der Waals surface area contributed by atoms with E-state index in [1.165, 1.54) is 0 Å². The van der Waals surface area contributed by atoms with Crippen LogP contribution in [0, 0.1) is 0 Å². The van der Waals surface area contributed by atoms with E-state index in [4.69, 9.17) is 4.74 Å². The summed E-state index contributed by atoms with van der Waals surface area (Å²) in [5, 5.41) is 3.12. The minimum Gasteiger partial charge on any atom is -0.376 e. The second kappa shape index (κ2) is 8.40. The molecule has 0 radical (unpaired) electrons. The zero-order valence-corrected chi connectivity index (χ0v) is 6.31. The van der Waals surface area contributed by atoms with Gasteiger partial charge in [-0.2, -0.15) is 0 Å². The van der Waals surface area contributed by atoms with Crippen LogP contribution in [0.3, 0.4) is 0 Å². The lowest BCUT2D eigenvalue weighted by Gasteiger charge is -2.00. The van der Waals surface area contributed by atoms with Crippen molar-refractivity contribution in [1.82, 2.24) is 5.32 Å². The maximum Gasteiger partial charge on any atom is 0.0645 e. The van der Waals surface area contributed by atoms with E-state index >= 15 is 0 Å². The zero-order chi connectivity index (χ0) is 7.66. The number of ether oxygens (including phenoxy) is 1. The van der Waals surface area contributed by atoms with E-state index in [1.807, 2.05) is 6.08 Å². The van der Waals surface area contributed by atoms with Crippen molar-refractivity contribution in [2.45, 2.75) is 0 Å². The van der Waals surface area contributed by atoms with Crippen LogP contribution >= 0.6 is 0 Å². The second-order valence-electron chi connectivity index (χ2n) is 1.86. The van der Waals surface area contributed by atoms with E-state index in [9.17, 15) is 0 Å². The highest BCUT2D eigenvalue weighted by Gasteiger charge is 1.82. The Labute approximate surface area is 62.6 Å². The summed E-state index contributed by atoms with van der Waals surface area (Å²) in [6, 6.07) is 0. The molecular formula is C8H15NO. The van der Waals surface area contributed by atoms with Crippen molar-refractivity contribution < 1.29 is 4.74 Å². The fourth-order valence-electron chi connectivity index (χ4n) is 0.515. The first kappa shape index (κ1) is 9.40. The molecule has 0 rings (SSSR count). The van der Waals surface area contributed by atoms with Crippen molar-refractivity contribution in [2.75, 3.05) is 26.3 Å².